The van der Waals surface area contributed by atoms with Crippen LogP contribution in [-0.2, 0) is 0 Å². The lowest BCUT2D eigenvalue weighted by Crippen LogP contribution is -1.82. The Morgan fingerprint density at radius 1 is 1.12 bits per heavy atom. The first-order chi connectivity index (χ1) is 8.24. The van der Waals surface area contributed by atoms with Crippen molar-refractivity contribution in [1.29, 1.82) is 0 Å². The molecule has 0 unspecified atom stereocenters. The predicted octanol–water partition coefficient (Wildman–Crippen LogP) is 4.19. The molecule has 0 saturated carbocycles. The maximum absolute atomic E-state index is 5.93. The van der Waals surface area contributed by atoms with Gasteiger partial charge in [-0.2, -0.15) is 0 Å². The van der Waals surface area contributed by atoms with E-state index in [0.29, 0.717) is 5.28 Å². The van der Waals surface area contributed by atoms with Crippen LogP contribution in [0.15, 0.2) is 42.5 Å². The minimum absolute atomic E-state index is 0.433. The first-order valence-corrected chi connectivity index (χ1v) is 5.83. The minimum atomic E-state index is 0.433. The van der Waals surface area contributed by atoms with E-state index < -0.39 is 0 Å². The van der Waals surface area contributed by atoms with Crippen LogP contribution < -0.4 is 0 Å². The standard InChI is InChI=1S/C14H11ClN2/c1-9-7-11(10-5-3-2-4-6-10)13-12(8-9)16-14(15)17-13/h2-8H,1H3,(H,16,17). The summed E-state index contributed by atoms with van der Waals surface area (Å²) >= 11 is 5.93. The number of benzene rings is 2. The number of halogens is 1. The third-order valence-corrected chi connectivity index (χ3v) is 2.97. The van der Waals surface area contributed by atoms with Gasteiger partial charge in [0.25, 0.3) is 0 Å². The average Bonchev–Trinajstić information content (AvgIpc) is 2.69. The lowest BCUT2D eigenvalue weighted by Gasteiger charge is -2.04. The van der Waals surface area contributed by atoms with Gasteiger partial charge in [-0.25, -0.2) is 4.98 Å². The van der Waals surface area contributed by atoms with Crippen molar-refractivity contribution >= 4 is 22.6 Å². The summed E-state index contributed by atoms with van der Waals surface area (Å²) in [5.74, 6) is 0. The maximum Gasteiger partial charge on any atom is 0.201 e. The Hall–Kier alpha value is -1.80. The number of nitrogens with one attached hydrogen (secondary N) is 1. The number of aryl methyl sites for hydroxylation is 1. The fraction of sp³-hybridized carbons (Fsp3) is 0.0714. The van der Waals surface area contributed by atoms with E-state index in [1.54, 1.807) is 0 Å². The average molecular weight is 243 g/mol. The molecule has 0 atom stereocenters. The highest BCUT2D eigenvalue weighted by Crippen LogP contribution is 2.29. The van der Waals surface area contributed by atoms with Crippen molar-refractivity contribution in [2.75, 3.05) is 0 Å². The number of aromatic amines is 1. The van der Waals surface area contributed by atoms with E-state index in [0.717, 1.165) is 22.2 Å². The molecule has 2 aromatic carbocycles. The molecule has 84 valence electrons. The van der Waals surface area contributed by atoms with Crippen molar-refractivity contribution in [3.8, 4) is 11.1 Å². The van der Waals surface area contributed by atoms with E-state index in [-0.39, 0.29) is 0 Å². The molecule has 0 fully saturated rings. The smallest absolute Gasteiger partial charge is 0.201 e. The number of fused-ring (bicyclic) bond motifs is 1. The molecule has 0 spiro atoms. The van der Waals surface area contributed by atoms with E-state index in [1.165, 1.54) is 5.56 Å². The Balaban J connectivity index is 2.35. The highest BCUT2D eigenvalue weighted by molar-refractivity contribution is 6.29. The first kappa shape index (κ1) is 10.4. The van der Waals surface area contributed by atoms with Gasteiger partial charge in [0, 0.05) is 5.56 Å². The number of nitrogens with zero attached hydrogens (tertiary/aromatic N) is 1. The molecule has 1 N–H and O–H groups in total. The van der Waals surface area contributed by atoms with Gasteiger partial charge in [0.2, 0.25) is 5.28 Å². The minimum Gasteiger partial charge on any atom is -0.329 e. The quantitative estimate of drug-likeness (QED) is 0.681. The molecular formula is C14H11ClN2. The van der Waals surface area contributed by atoms with Crippen molar-refractivity contribution < 1.29 is 0 Å². The molecule has 0 amide bonds. The molecule has 3 heteroatoms. The van der Waals surface area contributed by atoms with E-state index in [4.69, 9.17) is 11.6 Å². The van der Waals surface area contributed by atoms with Crippen LogP contribution >= 0.6 is 11.6 Å². The van der Waals surface area contributed by atoms with Gasteiger partial charge in [-0.15, -0.1) is 0 Å². The monoisotopic (exact) mass is 242 g/mol. The maximum atomic E-state index is 5.93. The highest BCUT2D eigenvalue weighted by atomic mass is 35.5. The van der Waals surface area contributed by atoms with Crippen molar-refractivity contribution in [3.05, 3.63) is 53.3 Å². The van der Waals surface area contributed by atoms with Crippen LogP contribution in [0, 0.1) is 6.92 Å². The van der Waals surface area contributed by atoms with Crippen LogP contribution in [-0.4, -0.2) is 9.97 Å². The summed E-state index contributed by atoms with van der Waals surface area (Å²) < 4.78 is 0. The van der Waals surface area contributed by atoms with Gasteiger partial charge in [0.05, 0.1) is 11.0 Å². The van der Waals surface area contributed by atoms with Crippen LogP contribution in [0.4, 0.5) is 0 Å². The molecule has 1 heterocycles. The van der Waals surface area contributed by atoms with Gasteiger partial charge in [-0.3, -0.25) is 0 Å². The summed E-state index contributed by atoms with van der Waals surface area (Å²) in [6.07, 6.45) is 0. The van der Waals surface area contributed by atoms with Crippen molar-refractivity contribution in [2.45, 2.75) is 6.92 Å². The SMILES string of the molecule is Cc1cc(-c2ccccc2)c2nc(Cl)[nH]c2c1. The fourth-order valence-electron chi connectivity index (χ4n) is 2.07. The van der Waals surface area contributed by atoms with Gasteiger partial charge in [-0.1, -0.05) is 30.3 Å². The number of rotatable bonds is 1. The summed E-state index contributed by atoms with van der Waals surface area (Å²) in [4.78, 5) is 7.40. The Morgan fingerprint density at radius 3 is 2.65 bits per heavy atom. The first-order valence-electron chi connectivity index (χ1n) is 5.45. The van der Waals surface area contributed by atoms with Crippen LogP contribution in [0.25, 0.3) is 22.2 Å². The molecule has 0 aliphatic rings. The Labute approximate surface area is 104 Å². The fourth-order valence-corrected chi connectivity index (χ4v) is 2.26. The van der Waals surface area contributed by atoms with Crippen molar-refractivity contribution in [2.24, 2.45) is 0 Å². The van der Waals surface area contributed by atoms with Gasteiger partial charge in [-0.05, 0) is 41.8 Å². The van der Waals surface area contributed by atoms with Gasteiger partial charge in [0.1, 0.15) is 0 Å². The molecule has 0 radical (unpaired) electrons. The van der Waals surface area contributed by atoms with E-state index in [1.807, 2.05) is 18.2 Å². The zero-order valence-corrected chi connectivity index (χ0v) is 10.1. The summed E-state index contributed by atoms with van der Waals surface area (Å²) in [7, 11) is 0. The second-order valence-electron chi connectivity index (χ2n) is 4.10. The highest BCUT2D eigenvalue weighted by Gasteiger charge is 2.08. The summed E-state index contributed by atoms with van der Waals surface area (Å²) in [6, 6.07) is 14.4. The van der Waals surface area contributed by atoms with E-state index in [9.17, 15) is 0 Å². The van der Waals surface area contributed by atoms with Crippen LogP contribution in [0.1, 0.15) is 5.56 Å². The second-order valence-corrected chi connectivity index (χ2v) is 4.46. The van der Waals surface area contributed by atoms with Crippen LogP contribution in [0.2, 0.25) is 5.28 Å². The normalized spacial score (nSPS) is 10.9. The molecule has 17 heavy (non-hydrogen) atoms. The van der Waals surface area contributed by atoms with Gasteiger partial charge in [0.15, 0.2) is 0 Å². The van der Waals surface area contributed by atoms with Crippen LogP contribution in [0.3, 0.4) is 0 Å². The number of aromatic nitrogens is 2. The third kappa shape index (κ3) is 1.81. The van der Waals surface area contributed by atoms with Crippen molar-refractivity contribution in [1.82, 2.24) is 9.97 Å². The Bertz CT molecular complexity index is 671. The van der Waals surface area contributed by atoms with Crippen LogP contribution in [0.5, 0.6) is 0 Å². The third-order valence-electron chi connectivity index (χ3n) is 2.79. The number of imidazole rings is 1. The molecule has 0 saturated heterocycles. The topological polar surface area (TPSA) is 28.7 Å². The summed E-state index contributed by atoms with van der Waals surface area (Å²) in [6.45, 7) is 2.07. The second kappa shape index (κ2) is 3.90. The zero-order chi connectivity index (χ0) is 11.8. The molecule has 2 nitrogen and oxygen atoms in total. The molecule has 0 aliphatic carbocycles. The van der Waals surface area contributed by atoms with Gasteiger partial charge >= 0.3 is 0 Å². The van der Waals surface area contributed by atoms with E-state index >= 15 is 0 Å². The number of H-pyrrole nitrogens is 1. The molecular weight excluding hydrogens is 232 g/mol. The number of hydrogen-bond donors (Lipinski definition) is 1. The lowest BCUT2D eigenvalue weighted by atomic mass is 10.0. The lowest BCUT2D eigenvalue weighted by molar-refractivity contribution is 1.34. The zero-order valence-electron chi connectivity index (χ0n) is 9.37. The Morgan fingerprint density at radius 2 is 1.88 bits per heavy atom. The van der Waals surface area contributed by atoms with Gasteiger partial charge < -0.3 is 4.98 Å². The molecule has 3 aromatic rings. The molecule has 0 bridgehead atoms. The summed E-state index contributed by atoms with van der Waals surface area (Å²) in [5.41, 5.74) is 5.37. The summed E-state index contributed by atoms with van der Waals surface area (Å²) in [5, 5.41) is 0.433. The Kier molecular flexibility index (Phi) is 2.37. The van der Waals surface area contributed by atoms with E-state index in [2.05, 4.69) is 41.2 Å². The largest absolute Gasteiger partial charge is 0.329 e. The molecule has 0 aliphatic heterocycles. The molecule has 3 rings (SSSR count). The predicted molar refractivity (Wildman–Crippen MR) is 71.3 cm³/mol. The number of hydrogen-bond acceptors (Lipinski definition) is 1. The molecule has 1 aromatic heterocycles. The van der Waals surface area contributed by atoms with Crippen molar-refractivity contribution in [3.63, 3.8) is 0 Å².